The number of hydrogen-bond acceptors (Lipinski definition) is 4. The Balaban J connectivity index is 1.72. The lowest BCUT2D eigenvalue weighted by Crippen LogP contribution is -2.04. The summed E-state index contributed by atoms with van der Waals surface area (Å²) in [5.41, 5.74) is 4.11. The highest BCUT2D eigenvalue weighted by Gasteiger charge is 2.29. The molecule has 150 valence electrons. The number of para-hydroxylation sites is 1. The summed E-state index contributed by atoms with van der Waals surface area (Å²) >= 11 is 0. The van der Waals surface area contributed by atoms with Gasteiger partial charge in [-0.2, -0.15) is 18.3 Å². The van der Waals surface area contributed by atoms with E-state index < -0.39 is 11.7 Å². The Morgan fingerprint density at radius 1 is 0.931 bits per heavy atom. The first-order valence-electron chi connectivity index (χ1n) is 8.77. The van der Waals surface area contributed by atoms with Crippen molar-refractivity contribution in [1.82, 2.24) is 0 Å². The first kappa shape index (κ1) is 20.3. The predicted molar refractivity (Wildman–Crippen MR) is 106 cm³/mol. The number of halogens is 3. The molecular weight excluding hydrogens is 381 g/mol. The monoisotopic (exact) mass is 400 g/mol. The molecule has 0 aliphatic heterocycles. The molecule has 0 spiro atoms. The van der Waals surface area contributed by atoms with Crippen LogP contribution in [0.3, 0.4) is 0 Å². The number of hydrogen-bond donors (Lipinski definition) is 1. The van der Waals surface area contributed by atoms with Crippen molar-refractivity contribution in [2.24, 2.45) is 5.10 Å². The van der Waals surface area contributed by atoms with Crippen molar-refractivity contribution in [3.8, 4) is 11.5 Å². The van der Waals surface area contributed by atoms with Crippen LogP contribution in [0.25, 0.3) is 0 Å². The minimum Gasteiger partial charge on any atom is -0.493 e. The Kier molecular flexibility index (Phi) is 6.39. The van der Waals surface area contributed by atoms with Crippen LogP contribution in [0.4, 0.5) is 18.9 Å². The fraction of sp³-hybridized carbons (Fsp3) is 0.136. The van der Waals surface area contributed by atoms with E-state index in [-0.39, 0.29) is 0 Å². The number of alkyl halides is 3. The summed E-state index contributed by atoms with van der Waals surface area (Å²) in [6, 6.07) is 19.7. The van der Waals surface area contributed by atoms with E-state index in [4.69, 9.17) is 9.47 Å². The number of rotatable bonds is 7. The first-order valence-corrected chi connectivity index (χ1v) is 8.77. The van der Waals surface area contributed by atoms with Gasteiger partial charge in [-0.05, 0) is 42.0 Å². The molecular formula is C22H19F3N2O2. The Morgan fingerprint density at radius 3 is 2.31 bits per heavy atom. The summed E-state index contributed by atoms with van der Waals surface area (Å²) in [7, 11) is 1.55. The van der Waals surface area contributed by atoms with Gasteiger partial charge in [0, 0.05) is 5.56 Å². The summed E-state index contributed by atoms with van der Waals surface area (Å²) in [5, 5.41) is 4.10. The van der Waals surface area contributed by atoms with Crippen molar-refractivity contribution in [1.29, 1.82) is 0 Å². The molecule has 0 radical (unpaired) electrons. The zero-order chi connectivity index (χ0) is 20.7. The van der Waals surface area contributed by atoms with Gasteiger partial charge < -0.3 is 9.47 Å². The Bertz CT molecular complexity index is 956. The van der Waals surface area contributed by atoms with Crippen molar-refractivity contribution in [2.45, 2.75) is 12.8 Å². The summed E-state index contributed by atoms with van der Waals surface area (Å²) in [6.07, 6.45) is -2.84. The number of benzene rings is 3. The van der Waals surface area contributed by atoms with Crippen LogP contribution >= 0.6 is 0 Å². The number of nitrogens with zero attached hydrogens (tertiary/aromatic N) is 1. The van der Waals surface area contributed by atoms with Gasteiger partial charge in [-0.25, -0.2) is 0 Å². The molecule has 3 aromatic carbocycles. The molecule has 0 heterocycles. The molecule has 0 aliphatic carbocycles. The molecule has 4 nitrogen and oxygen atoms in total. The van der Waals surface area contributed by atoms with Crippen LogP contribution in [-0.4, -0.2) is 13.3 Å². The number of methoxy groups -OCH3 is 1. The molecule has 0 amide bonds. The quantitative estimate of drug-likeness (QED) is 0.406. The lowest BCUT2D eigenvalue weighted by molar-refractivity contribution is -0.137. The van der Waals surface area contributed by atoms with E-state index in [0.29, 0.717) is 29.4 Å². The van der Waals surface area contributed by atoms with Crippen molar-refractivity contribution in [3.05, 3.63) is 89.5 Å². The molecule has 7 heteroatoms. The molecule has 0 saturated carbocycles. The van der Waals surface area contributed by atoms with Gasteiger partial charge in [0.1, 0.15) is 6.61 Å². The minimum atomic E-state index is -4.37. The van der Waals surface area contributed by atoms with E-state index in [1.807, 2.05) is 30.3 Å². The fourth-order valence-corrected chi connectivity index (χ4v) is 2.59. The third kappa shape index (κ3) is 5.51. The number of ether oxygens (including phenoxy) is 2. The molecule has 1 N–H and O–H groups in total. The van der Waals surface area contributed by atoms with Crippen molar-refractivity contribution in [2.75, 3.05) is 12.5 Å². The van der Waals surface area contributed by atoms with Crippen LogP contribution in [0.1, 0.15) is 16.7 Å². The lowest BCUT2D eigenvalue weighted by Gasteiger charge is -2.13. The van der Waals surface area contributed by atoms with Crippen LogP contribution < -0.4 is 14.9 Å². The summed E-state index contributed by atoms with van der Waals surface area (Å²) in [5.74, 6) is 1.08. The maximum atomic E-state index is 12.6. The van der Waals surface area contributed by atoms with E-state index in [2.05, 4.69) is 10.5 Å². The summed E-state index contributed by atoms with van der Waals surface area (Å²) < 4.78 is 49.2. The van der Waals surface area contributed by atoms with Crippen LogP contribution in [0.2, 0.25) is 0 Å². The number of hydrazone groups is 1. The largest absolute Gasteiger partial charge is 0.493 e. The Morgan fingerprint density at radius 2 is 1.66 bits per heavy atom. The fourth-order valence-electron chi connectivity index (χ4n) is 2.59. The van der Waals surface area contributed by atoms with Crippen molar-refractivity contribution < 1.29 is 22.6 Å². The van der Waals surface area contributed by atoms with E-state index in [1.54, 1.807) is 25.3 Å². The van der Waals surface area contributed by atoms with Gasteiger partial charge in [0.25, 0.3) is 0 Å². The van der Waals surface area contributed by atoms with Gasteiger partial charge in [-0.3, -0.25) is 5.43 Å². The zero-order valence-electron chi connectivity index (χ0n) is 15.6. The average molecular weight is 400 g/mol. The minimum absolute atomic E-state index is 0.356. The molecule has 3 aromatic rings. The normalized spacial score (nSPS) is 11.4. The van der Waals surface area contributed by atoms with Gasteiger partial charge in [-0.1, -0.05) is 36.4 Å². The summed E-state index contributed by atoms with van der Waals surface area (Å²) in [6.45, 7) is 0.356. The van der Waals surface area contributed by atoms with Gasteiger partial charge in [0.05, 0.1) is 24.6 Å². The molecule has 0 atom stereocenters. The zero-order valence-corrected chi connectivity index (χ0v) is 15.6. The second kappa shape index (κ2) is 9.14. The van der Waals surface area contributed by atoms with Crippen LogP contribution in [0.5, 0.6) is 11.5 Å². The highest BCUT2D eigenvalue weighted by atomic mass is 19.4. The van der Waals surface area contributed by atoms with E-state index in [9.17, 15) is 13.2 Å². The van der Waals surface area contributed by atoms with Crippen LogP contribution in [0.15, 0.2) is 77.9 Å². The second-order valence-corrected chi connectivity index (χ2v) is 6.10. The van der Waals surface area contributed by atoms with Gasteiger partial charge in [0.15, 0.2) is 11.5 Å². The number of nitrogens with one attached hydrogen (secondary N) is 1. The highest BCUT2D eigenvalue weighted by Crippen LogP contribution is 2.31. The van der Waals surface area contributed by atoms with Crippen molar-refractivity contribution >= 4 is 11.9 Å². The van der Waals surface area contributed by atoms with Crippen LogP contribution in [0, 0.1) is 0 Å². The Labute approximate surface area is 166 Å². The molecule has 0 aliphatic rings. The molecule has 3 rings (SSSR count). The topological polar surface area (TPSA) is 42.8 Å². The maximum absolute atomic E-state index is 12.6. The van der Waals surface area contributed by atoms with Gasteiger partial charge >= 0.3 is 6.18 Å². The summed E-state index contributed by atoms with van der Waals surface area (Å²) in [4.78, 5) is 0. The third-order valence-corrected chi connectivity index (χ3v) is 4.06. The molecule has 0 aromatic heterocycles. The molecule has 0 bridgehead atoms. The van der Waals surface area contributed by atoms with E-state index >= 15 is 0 Å². The lowest BCUT2D eigenvalue weighted by atomic mass is 10.2. The molecule has 0 saturated heterocycles. The van der Waals surface area contributed by atoms with Gasteiger partial charge in [-0.15, -0.1) is 0 Å². The second-order valence-electron chi connectivity index (χ2n) is 6.10. The number of anilines is 1. The highest BCUT2D eigenvalue weighted by molar-refractivity contribution is 5.85. The third-order valence-electron chi connectivity index (χ3n) is 4.06. The van der Waals surface area contributed by atoms with E-state index in [0.717, 1.165) is 17.7 Å². The molecule has 29 heavy (non-hydrogen) atoms. The van der Waals surface area contributed by atoms with Crippen LogP contribution in [-0.2, 0) is 12.8 Å². The Hall–Kier alpha value is -3.48. The van der Waals surface area contributed by atoms with E-state index in [1.165, 1.54) is 18.3 Å². The van der Waals surface area contributed by atoms with Gasteiger partial charge in [0.2, 0.25) is 0 Å². The first-order chi connectivity index (χ1) is 14.0. The smallest absolute Gasteiger partial charge is 0.416 e. The van der Waals surface area contributed by atoms with Crippen molar-refractivity contribution in [3.63, 3.8) is 0 Å². The SMILES string of the molecule is COc1cccc(C=NNc2ccc(C(F)(F)F)cc2)c1OCc1ccccc1. The predicted octanol–water partition coefficient (Wildman–Crippen LogP) is 5.74. The average Bonchev–Trinajstić information content (AvgIpc) is 2.73. The molecule has 0 unspecified atom stereocenters. The standard InChI is InChI=1S/C22H19F3N2O2/c1-28-20-9-5-8-17(21(20)29-15-16-6-3-2-4-7-16)14-26-27-19-12-10-18(11-13-19)22(23,24)25/h2-14,27H,15H2,1H3. The molecule has 0 fully saturated rings. The maximum Gasteiger partial charge on any atom is 0.416 e.